The zero-order valence-electron chi connectivity index (χ0n) is 23.0. The summed E-state index contributed by atoms with van der Waals surface area (Å²) in [5.74, 6) is 1.36. The van der Waals surface area contributed by atoms with Gasteiger partial charge in [-0.3, -0.25) is 4.79 Å². The number of hydrogen-bond donors (Lipinski definition) is 1. The van der Waals surface area contributed by atoms with E-state index in [1.54, 1.807) is 0 Å². The Labute approximate surface area is 231 Å². The van der Waals surface area contributed by atoms with Crippen molar-refractivity contribution >= 4 is 21.4 Å². The lowest BCUT2D eigenvalue weighted by Gasteiger charge is -2.24. The third-order valence-corrected chi connectivity index (χ3v) is 9.40. The first-order valence-corrected chi connectivity index (χ1v) is 15.9. The van der Waals surface area contributed by atoms with Crippen molar-refractivity contribution in [2.45, 2.75) is 58.3 Å². The van der Waals surface area contributed by atoms with E-state index in [4.69, 9.17) is 9.47 Å². The molecule has 0 radical (unpaired) electrons. The topological polar surface area (TPSA) is 89.9 Å². The van der Waals surface area contributed by atoms with Crippen LogP contribution in [-0.4, -0.2) is 44.7 Å². The molecule has 3 aliphatic carbocycles. The van der Waals surface area contributed by atoms with Crippen molar-refractivity contribution in [2.75, 3.05) is 25.2 Å². The van der Waals surface area contributed by atoms with Crippen LogP contribution in [0.3, 0.4) is 0 Å². The van der Waals surface area contributed by atoms with Crippen LogP contribution in [0.4, 0.5) is 0 Å². The second-order valence-corrected chi connectivity index (χ2v) is 13.9. The third-order valence-electron chi connectivity index (χ3n) is 8.37. The molecule has 6 nitrogen and oxygen atoms in total. The number of benzene rings is 2. The molecule has 3 atom stereocenters. The minimum absolute atomic E-state index is 0.0765. The number of carbonyl (C=O) groups is 1. The van der Waals surface area contributed by atoms with Crippen LogP contribution in [0.1, 0.15) is 67.2 Å². The van der Waals surface area contributed by atoms with E-state index in [9.17, 15) is 18.3 Å². The highest BCUT2D eigenvalue weighted by atomic mass is 32.2. The molecule has 3 aliphatic rings. The summed E-state index contributed by atoms with van der Waals surface area (Å²) in [6, 6.07) is 12.1. The molecule has 0 spiro atoms. The Kier molecular flexibility index (Phi) is 7.64. The molecule has 1 N–H and O–H groups in total. The van der Waals surface area contributed by atoms with Crippen molar-refractivity contribution in [1.82, 2.24) is 0 Å². The van der Waals surface area contributed by atoms with Crippen molar-refractivity contribution in [3.8, 4) is 11.5 Å². The first-order chi connectivity index (χ1) is 18.5. The Morgan fingerprint density at radius 3 is 2.56 bits per heavy atom. The molecular formula is C32H38O6S. The number of carboxylic acids is 1. The van der Waals surface area contributed by atoms with Gasteiger partial charge in [-0.15, -0.1) is 0 Å². The number of ether oxygens (including phenoxy) is 2. The van der Waals surface area contributed by atoms with Crippen molar-refractivity contribution in [1.29, 1.82) is 0 Å². The highest BCUT2D eigenvalue weighted by Crippen LogP contribution is 2.59. The first kappa shape index (κ1) is 27.5. The number of hydrogen-bond acceptors (Lipinski definition) is 5. The second kappa shape index (κ2) is 10.8. The Hall–Kier alpha value is -3.06. The van der Waals surface area contributed by atoms with E-state index in [-0.39, 0.29) is 17.6 Å². The smallest absolute Gasteiger partial charge is 0.309 e. The molecule has 7 heteroatoms. The van der Waals surface area contributed by atoms with Gasteiger partial charge in [0.25, 0.3) is 0 Å². The van der Waals surface area contributed by atoms with E-state index in [0.717, 1.165) is 42.7 Å². The minimum atomic E-state index is -2.98. The minimum Gasteiger partial charge on any atom is -0.494 e. The Morgan fingerprint density at radius 1 is 1.10 bits per heavy atom. The van der Waals surface area contributed by atoms with Gasteiger partial charge in [0.1, 0.15) is 21.3 Å². The lowest BCUT2D eigenvalue weighted by atomic mass is 9.84. The molecule has 0 heterocycles. The van der Waals surface area contributed by atoms with Gasteiger partial charge in [0, 0.05) is 18.1 Å². The number of fused-ring (bicyclic) bond motifs is 3. The van der Waals surface area contributed by atoms with Gasteiger partial charge in [-0.1, -0.05) is 24.3 Å². The van der Waals surface area contributed by atoms with Gasteiger partial charge < -0.3 is 14.6 Å². The van der Waals surface area contributed by atoms with E-state index in [1.807, 2.05) is 31.2 Å². The van der Waals surface area contributed by atoms with E-state index in [0.29, 0.717) is 26.1 Å². The summed E-state index contributed by atoms with van der Waals surface area (Å²) >= 11 is 0. The van der Waals surface area contributed by atoms with Gasteiger partial charge in [-0.25, -0.2) is 8.42 Å². The van der Waals surface area contributed by atoms with Crippen LogP contribution in [0.2, 0.25) is 0 Å². The van der Waals surface area contributed by atoms with Crippen LogP contribution >= 0.6 is 0 Å². The monoisotopic (exact) mass is 550 g/mol. The maximum absolute atomic E-state index is 11.5. The first-order valence-electron chi connectivity index (χ1n) is 13.9. The summed E-state index contributed by atoms with van der Waals surface area (Å²) in [6.07, 6.45) is 11.2. The average Bonchev–Trinajstić information content (AvgIpc) is 3.62. The van der Waals surface area contributed by atoms with Crippen LogP contribution < -0.4 is 9.47 Å². The van der Waals surface area contributed by atoms with E-state index >= 15 is 0 Å². The van der Waals surface area contributed by atoms with E-state index < -0.39 is 21.2 Å². The molecule has 0 aliphatic heterocycles. The molecule has 1 saturated carbocycles. The zero-order valence-corrected chi connectivity index (χ0v) is 23.9. The summed E-state index contributed by atoms with van der Waals surface area (Å²) in [7, 11) is -2.98. The quantitative estimate of drug-likeness (QED) is 0.358. The molecule has 2 aromatic rings. The largest absolute Gasteiger partial charge is 0.494 e. The van der Waals surface area contributed by atoms with Crippen molar-refractivity contribution in [3.05, 3.63) is 76.4 Å². The molecular weight excluding hydrogens is 512 g/mol. The van der Waals surface area contributed by atoms with Crippen molar-refractivity contribution < 1.29 is 27.8 Å². The second-order valence-electron chi connectivity index (χ2n) is 11.6. The van der Waals surface area contributed by atoms with Gasteiger partial charge in [0.05, 0.1) is 24.4 Å². The molecule has 0 amide bonds. The van der Waals surface area contributed by atoms with E-state index in [1.165, 1.54) is 34.1 Å². The van der Waals surface area contributed by atoms with Gasteiger partial charge in [0.2, 0.25) is 0 Å². The Bertz CT molecular complexity index is 1420. The summed E-state index contributed by atoms with van der Waals surface area (Å²) in [4.78, 5) is 11.5. The normalized spacial score (nSPS) is 24.0. The molecule has 2 unspecified atom stereocenters. The maximum Gasteiger partial charge on any atom is 0.309 e. The molecule has 0 saturated heterocycles. The Balaban J connectivity index is 1.25. The highest BCUT2D eigenvalue weighted by Gasteiger charge is 2.57. The van der Waals surface area contributed by atoms with E-state index in [2.05, 4.69) is 31.2 Å². The maximum atomic E-state index is 11.5. The molecule has 0 aromatic heterocycles. The number of aryl methyl sites for hydroxylation is 2. The summed E-state index contributed by atoms with van der Waals surface area (Å²) in [5.41, 5.74) is 6.89. The number of carboxylic acid groups (broad SMARTS) is 1. The lowest BCUT2D eigenvalue weighted by Crippen LogP contribution is -2.14. The van der Waals surface area contributed by atoms with Crippen LogP contribution in [-0.2, 0) is 21.1 Å². The standard InChI is InChI=1S/C32H38O6S/c1-21-16-27(37-14-5-15-39(3,35)36)18-25-7-4-6-23-9-8-22(17-28(23)30(21)25)20-38-26-12-10-24(11-13-26)29-19-32(29,2)31(33)34/h9-13,16-18,22,29H,4-8,14-15,19-20H2,1-3H3,(H,33,34)/t22?,29-,32?/m1/s1. The summed E-state index contributed by atoms with van der Waals surface area (Å²) in [5, 5.41) is 9.43. The number of allylic oxidation sites excluding steroid dienone is 3. The predicted octanol–water partition coefficient (Wildman–Crippen LogP) is 6.13. The van der Waals surface area contributed by atoms with Crippen LogP contribution in [0.5, 0.6) is 11.5 Å². The fourth-order valence-electron chi connectivity index (χ4n) is 5.97. The molecule has 5 rings (SSSR count). The van der Waals surface area contributed by atoms with Gasteiger partial charge in [0.15, 0.2) is 0 Å². The summed E-state index contributed by atoms with van der Waals surface area (Å²) in [6.45, 7) is 4.91. The van der Waals surface area contributed by atoms with Crippen LogP contribution in [0.25, 0.3) is 5.57 Å². The van der Waals surface area contributed by atoms with Crippen LogP contribution in [0, 0.1) is 18.3 Å². The fraction of sp³-hybridized carbons (Fsp3) is 0.469. The number of sulfone groups is 1. The zero-order chi connectivity index (χ0) is 27.8. The predicted molar refractivity (Wildman–Crippen MR) is 153 cm³/mol. The molecule has 208 valence electrons. The van der Waals surface area contributed by atoms with Crippen molar-refractivity contribution in [2.24, 2.45) is 11.3 Å². The van der Waals surface area contributed by atoms with Gasteiger partial charge >= 0.3 is 5.97 Å². The third kappa shape index (κ3) is 6.24. The molecule has 0 bridgehead atoms. The molecule has 2 aromatic carbocycles. The van der Waals surface area contributed by atoms with Gasteiger partial charge in [-0.05, 0) is 110 Å². The Morgan fingerprint density at radius 2 is 1.87 bits per heavy atom. The van der Waals surface area contributed by atoms with Gasteiger partial charge in [-0.2, -0.15) is 0 Å². The number of aliphatic carboxylic acids is 1. The fourth-order valence-corrected chi connectivity index (χ4v) is 6.61. The van der Waals surface area contributed by atoms with Crippen LogP contribution in [0.15, 0.2) is 54.1 Å². The summed E-state index contributed by atoms with van der Waals surface area (Å²) < 4.78 is 34.9. The highest BCUT2D eigenvalue weighted by molar-refractivity contribution is 7.90. The lowest BCUT2D eigenvalue weighted by molar-refractivity contribution is -0.142. The average molecular weight is 551 g/mol. The van der Waals surface area contributed by atoms with Crippen molar-refractivity contribution in [3.63, 3.8) is 0 Å². The molecule has 1 fully saturated rings. The number of rotatable bonds is 10. The SMILES string of the molecule is Cc1cc(OCCCS(C)(=O)=O)cc2c1C1=CC(COc3ccc([C@H]4CC4(C)C(=O)O)cc3)CC=C1CCC2. The molecule has 39 heavy (non-hydrogen) atoms.